The van der Waals surface area contributed by atoms with Gasteiger partial charge in [0.25, 0.3) is 5.78 Å². The number of ether oxygens (including phenoxy) is 1. The van der Waals surface area contributed by atoms with Gasteiger partial charge in [0.1, 0.15) is 0 Å². The van der Waals surface area contributed by atoms with Gasteiger partial charge in [0.05, 0.1) is 7.11 Å². The predicted octanol–water partition coefficient (Wildman–Crippen LogP) is -1.06. The molecular formula is C8H11NO5. The molecule has 1 saturated heterocycles. The largest absolute Gasteiger partial charge is 0.480 e. The molecule has 1 aliphatic heterocycles. The zero-order valence-electron chi connectivity index (χ0n) is 7.70. The van der Waals surface area contributed by atoms with Crippen molar-refractivity contribution in [3.63, 3.8) is 0 Å². The van der Waals surface area contributed by atoms with E-state index in [0.717, 1.165) is 7.11 Å². The lowest BCUT2D eigenvalue weighted by Gasteiger charge is -2.20. The molecule has 0 aliphatic carbocycles. The number of hydrogen-bond donors (Lipinski definition) is 2. The fourth-order valence-corrected chi connectivity index (χ4v) is 1.48. The number of rotatable bonds is 3. The molecule has 0 aromatic heterocycles. The molecule has 0 unspecified atom stereocenters. The van der Waals surface area contributed by atoms with Crippen LogP contribution in [0.4, 0.5) is 0 Å². The third kappa shape index (κ3) is 1.48. The summed E-state index contributed by atoms with van der Waals surface area (Å²) in [5.41, 5.74) is -1.77. The molecule has 1 rings (SSSR count). The van der Waals surface area contributed by atoms with Crippen LogP contribution in [0.15, 0.2) is 0 Å². The molecule has 0 aromatic rings. The van der Waals surface area contributed by atoms with Gasteiger partial charge in [-0.3, -0.25) is 10.1 Å². The number of carboxylic acids is 1. The van der Waals surface area contributed by atoms with E-state index in [1.165, 1.54) is 0 Å². The van der Waals surface area contributed by atoms with Gasteiger partial charge in [0, 0.05) is 0 Å². The summed E-state index contributed by atoms with van der Waals surface area (Å²) < 4.78 is 4.21. The van der Waals surface area contributed by atoms with Gasteiger partial charge in [-0.15, -0.1) is 0 Å². The highest BCUT2D eigenvalue weighted by Gasteiger charge is 2.51. The van der Waals surface area contributed by atoms with Crippen LogP contribution in [-0.2, 0) is 19.1 Å². The normalized spacial score (nSPS) is 25.8. The minimum absolute atomic E-state index is 0.121. The van der Waals surface area contributed by atoms with Crippen LogP contribution in [0.2, 0.25) is 0 Å². The van der Waals surface area contributed by atoms with Gasteiger partial charge in [0.2, 0.25) is 0 Å². The van der Waals surface area contributed by atoms with Crippen molar-refractivity contribution in [1.29, 1.82) is 0 Å². The number of esters is 1. The Morgan fingerprint density at radius 1 is 1.43 bits per heavy atom. The number of aliphatic carboxylic acids is 1. The molecule has 0 aromatic carbocycles. The van der Waals surface area contributed by atoms with Crippen LogP contribution in [0.3, 0.4) is 0 Å². The van der Waals surface area contributed by atoms with Gasteiger partial charge in [-0.05, 0) is 19.4 Å². The molecule has 0 saturated carbocycles. The Hall–Kier alpha value is -1.43. The van der Waals surface area contributed by atoms with Crippen molar-refractivity contribution in [3.8, 4) is 0 Å². The molecule has 1 heterocycles. The first kappa shape index (κ1) is 10.6. The van der Waals surface area contributed by atoms with Gasteiger partial charge < -0.3 is 9.84 Å². The summed E-state index contributed by atoms with van der Waals surface area (Å²) in [5, 5.41) is 11.4. The van der Waals surface area contributed by atoms with E-state index >= 15 is 0 Å². The van der Waals surface area contributed by atoms with E-state index in [1.54, 1.807) is 0 Å². The van der Waals surface area contributed by atoms with Crippen LogP contribution in [-0.4, -0.2) is 42.0 Å². The number of carbonyl (C=O) groups excluding carboxylic acids is 2. The van der Waals surface area contributed by atoms with Gasteiger partial charge in [0.15, 0.2) is 5.54 Å². The van der Waals surface area contributed by atoms with Gasteiger partial charge in [-0.25, -0.2) is 9.59 Å². The van der Waals surface area contributed by atoms with Gasteiger partial charge in [-0.1, -0.05) is 0 Å². The molecule has 1 atom stereocenters. The fraction of sp³-hybridized carbons (Fsp3) is 0.625. The molecule has 0 amide bonds. The highest BCUT2D eigenvalue weighted by atomic mass is 16.5. The summed E-state index contributed by atoms with van der Waals surface area (Å²) in [4.78, 5) is 33.2. The molecule has 0 spiro atoms. The first-order valence-corrected chi connectivity index (χ1v) is 4.16. The zero-order valence-corrected chi connectivity index (χ0v) is 7.70. The molecule has 6 nitrogen and oxygen atoms in total. The second kappa shape index (κ2) is 3.75. The molecule has 78 valence electrons. The Bertz CT molecular complexity index is 279. The number of nitrogens with one attached hydrogen (secondary N) is 1. The fourth-order valence-electron chi connectivity index (χ4n) is 1.48. The smallest absolute Gasteiger partial charge is 0.377 e. The van der Waals surface area contributed by atoms with E-state index in [9.17, 15) is 14.4 Å². The SMILES string of the molecule is COC(=O)C(=O)[C@]1(C(=O)O)CCCN1. The van der Waals surface area contributed by atoms with E-state index in [2.05, 4.69) is 10.1 Å². The number of Topliss-reactive ketones (excluding diaryl/α,β-unsaturated/α-hetero) is 1. The maximum absolute atomic E-state index is 11.4. The van der Waals surface area contributed by atoms with Crippen molar-refractivity contribution in [2.24, 2.45) is 0 Å². The lowest BCUT2D eigenvalue weighted by molar-refractivity contribution is -0.160. The van der Waals surface area contributed by atoms with Crippen LogP contribution >= 0.6 is 0 Å². The Kier molecular flexibility index (Phi) is 2.85. The standard InChI is InChI=1S/C8H11NO5/c1-14-6(11)5(10)8(7(12)13)3-2-4-9-8/h9H,2-4H2,1H3,(H,12,13)/t8-/m0/s1. The van der Waals surface area contributed by atoms with Crippen molar-refractivity contribution in [1.82, 2.24) is 5.32 Å². The van der Waals surface area contributed by atoms with E-state index in [4.69, 9.17) is 5.11 Å². The summed E-state index contributed by atoms with van der Waals surface area (Å²) in [6.07, 6.45) is 0.672. The highest BCUT2D eigenvalue weighted by molar-refractivity contribution is 6.41. The molecule has 1 fully saturated rings. The second-order valence-corrected chi connectivity index (χ2v) is 3.06. The molecule has 6 heteroatoms. The minimum atomic E-state index is -1.77. The first-order chi connectivity index (χ1) is 6.54. The molecule has 1 aliphatic rings. The van der Waals surface area contributed by atoms with Gasteiger partial charge in [-0.2, -0.15) is 0 Å². The number of carboxylic acid groups (broad SMARTS) is 1. The second-order valence-electron chi connectivity index (χ2n) is 3.06. The summed E-state index contributed by atoms with van der Waals surface area (Å²) in [6.45, 7) is 0.412. The van der Waals surface area contributed by atoms with Gasteiger partial charge >= 0.3 is 11.9 Å². The summed E-state index contributed by atoms with van der Waals surface area (Å²) in [7, 11) is 1.05. The molecular weight excluding hydrogens is 190 g/mol. The predicted molar refractivity (Wildman–Crippen MR) is 44.6 cm³/mol. The van der Waals surface area contributed by atoms with Crippen LogP contribution in [0.25, 0.3) is 0 Å². The van der Waals surface area contributed by atoms with E-state index < -0.39 is 23.3 Å². The Morgan fingerprint density at radius 2 is 2.07 bits per heavy atom. The van der Waals surface area contributed by atoms with Crippen molar-refractivity contribution in [2.45, 2.75) is 18.4 Å². The van der Waals surface area contributed by atoms with Crippen molar-refractivity contribution >= 4 is 17.7 Å². The van der Waals surface area contributed by atoms with Crippen molar-refractivity contribution in [3.05, 3.63) is 0 Å². The molecule has 0 bridgehead atoms. The lowest BCUT2D eigenvalue weighted by Crippen LogP contribution is -2.57. The third-order valence-corrected chi connectivity index (χ3v) is 2.28. The van der Waals surface area contributed by atoms with Crippen molar-refractivity contribution in [2.75, 3.05) is 13.7 Å². The number of carbonyl (C=O) groups is 3. The number of methoxy groups -OCH3 is 1. The summed E-state index contributed by atoms with van der Waals surface area (Å²) >= 11 is 0. The summed E-state index contributed by atoms with van der Waals surface area (Å²) in [6, 6.07) is 0. The minimum Gasteiger partial charge on any atom is -0.480 e. The van der Waals surface area contributed by atoms with E-state index in [-0.39, 0.29) is 6.42 Å². The quantitative estimate of drug-likeness (QED) is 0.343. The Balaban J connectivity index is 2.94. The zero-order chi connectivity index (χ0) is 10.8. The first-order valence-electron chi connectivity index (χ1n) is 4.16. The Morgan fingerprint density at radius 3 is 2.43 bits per heavy atom. The van der Waals surface area contributed by atoms with Crippen LogP contribution < -0.4 is 5.32 Å². The number of ketones is 1. The number of hydrogen-bond acceptors (Lipinski definition) is 5. The lowest BCUT2D eigenvalue weighted by atomic mass is 9.92. The maximum Gasteiger partial charge on any atom is 0.377 e. The molecule has 0 radical (unpaired) electrons. The van der Waals surface area contributed by atoms with E-state index in [0.29, 0.717) is 13.0 Å². The average molecular weight is 201 g/mol. The highest BCUT2D eigenvalue weighted by Crippen LogP contribution is 2.21. The molecule has 2 N–H and O–H groups in total. The topological polar surface area (TPSA) is 92.7 Å². The van der Waals surface area contributed by atoms with Crippen LogP contribution in [0, 0.1) is 0 Å². The third-order valence-electron chi connectivity index (χ3n) is 2.28. The van der Waals surface area contributed by atoms with Crippen LogP contribution in [0.5, 0.6) is 0 Å². The molecule has 14 heavy (non-hydrogen) atoms. The van der Waals surface area contributed by atoms with E-state index in [1.807, 2.05) is 0 Å². The Labute approximate surface area is 80.2 Å². The maximum atomic E-state index is 11.4. The monoisotopic (exact) mass is 201 g/mol. The average Bonchev–Trinajstić information content (AvgIpc) is 2.65. The van der Waals surface area contributed by atoms with Crippen molar-refractivity contribution < 1.29 is 24.2 Å². The summed E-state index contributed by atoms with van der Waals surface area (Å²) in [5.74, 6) is -3.49. The van der Waals surface area contributed by atoms with Crippen LogP contribution in [0.1, 0.15) is 12.8 Å².